The van der Waals surface area contributed by atoms with Crippen molar-refractivity contribution in [1.82, 2.24) is 5.32 Å². The van der Waals surface area contributed by atoms with Gasteiger partial charge in [0.2, 0.25) is 0 Å². The molecule has 21 heavy (non-hydrogen) atoms. The summed E-state index contributed by atoms with van der Waals surface area (Å²) < 4.78 is 0. The summed E-state index contributed by atoms with van der Waals surface area (Å²) in [7, 11) is 0. The molecule has 110 valence electrons. The lowest BCUT2D eigenvalue weighted by molar-refractivity contribution is -0.140. The van der Waals surface area contributed by atoms with E-state index < -0.39 is 12.0 Å². The highest BCUT2D eigenvalue weighted by atomic mass is 16.4. The van der Waals surface area contributed by atoms with Gasteiger partial charge in [-0.1, -0.05) is 74.0 Å². The van der Waals surface area contributed by atoms with Crippen molar-refractivity contribution in [2.24, 2.45) is 0 Å². The number of carboxylic acid groups (broad SMARTS) is 1. The molecule has 2 rings (SSSR count). The molecule has 2 aromatic carbocycles. The van der Waals surface area contributed by atoms with Crippen molar-refractivity contribution in [3.05, 3.63) is 71.8 Å². The zero-order valence-electron chi connectivity index (χ0n) is 12.2. The van der Waals surface area contributed by atoms with Gasteiger partial charge in [0.25, 0.3) is 0 Å². The molecule has 2 atom stereocenters. The Morgan fingerprint density at radius 2 is 1.52 bits per heavy atom. The highest BCUT2D eigenvalue weighted by molar-refractivity contribution is 5.75. The summed E-state index contributed by atoms with van der Waals surface area (Å²) in [6, 6.07) is 18.7. The van der Waals surface area contributed by atoms with Crippen molar-refractivity contribution < 1.29 is 9.90 Å². The standard InChI is InChI=1S/C18H21NO2/c1-2-9-16(14-10-5-3-6-11-14)19-17(18(20)21)15-12-7-4-8-13-15/h3-8,10-13,16-17,19H,2,9H2,1H3,(H,20,21). The minimum absolute atomic E-state index is 0.0394. The van der Waals surface area contributed by atoms with Crippen molar-refractivity contribution in [2.75, 3.05) is 0 Å². The average molecular weight is 283 g/mol. The highest BCUT2D eigenvalue weighted by Gasteiger charge is 2.23. The summed E-state index contributed by atoms with van der Waals surface area (Å²) in [6.45, 7) is 2.11. The molecule has 0 amide bonds. The maximum atomic E-state index is 11.6. The molecular formula is C18H21NO2. The fraction of sp³-hybridized carbons (Fsp3) is 0.278. The summed E-state index contributed by atoms with van der Waals surface area (Å²) in [5.74, 6) is -0.849. The number of nitrogens with one attached hydrogen (secondary N) is 1. The molecule has 3 heteroatoms. The summed E-state index contributed by atoms with van der Waals surface area (Å²) >= 11 is 0. The molecule has 0 aromatic heterocycles. The fourth-order valence-electron chi connectivity index (χ4n) is 2.48. The maximum absolute atomic E-state index is 11.6. The van der Waals surface area contributed by atoms with E-state index in [9.17, 15) is 9.90 Å². The predicted molar refractivity (Wildman–Crippen MR) is 84.0 cm³/mol. The van der Waals surface area contributed by atoms with Crippen LogP contribution in [0.1, 0.15) is 43.0 Å². The van der Waals surface area contributed by atoms with Gasteiger partial charge in [-0.15, -0.1) is 0 Å². The zero-order chi connectivity index (χ0) is 15.1. The van der Waals surface area contributed by atoms with Gasteiger partial charge in [-0.3, -0.25) is 10.1 Å². The SMILES string of the molecule is CCCC(NC(C(=O)O)c1ccccc1)c1ccccc1. The number of hydrogen-bond donors (Lipinski definition) is 2. The van der Waals surface area contributed by atoms with Gasteiger partial charge in [0.05, 0.1) is 0 Å². The third kappa shape index (κ3) is 4.17. The van der Waals surface area contributed by atoms with E-state index in [-0.39, 0.29) is 6.04 Å². The third-order valence-electron chi connectivity index (χ3n) is 3.53. The van der Waals surface area contributed by atoms with Crippen LogP contribution in [0.3, 0.4) is 0 Å². The molecule has 0 radical (unpaired) electrons. The predicted octanol–water partition coefficient (Wildman–Crippen LogP) is 3.94. The third-order valence-corrected chi connectivity index (χ3v) is 3.53. The Hall–Kier alpha value is -2.13. The lowest BCUT2D eigenvalue weighted by atomic mass is 9.99. The second kappa shape index (κ2) is 7.60. The van der Waals surface area contributed by atoms with Crippen LogP contribution in [0.4, 0.5) is 0 Å². The van der Waals surface area contributed by atoms with E-state index in [1.807, 2.05) is 60.7 Å². The molecule has 0 heterocycles. The van der Waals surface area contributed by atoms with E-state index >= 15 is 0 Å². The van der Waals surface area contributed by atoms with Crippen molar-refractivity contribution in [3.8, 4) is 0 Å². The van der Waals surface area contributed by atoms with Crippen molar-refractivity contribution >= 4 is 5.97 Å². The van der Waals surface area contributed by atoms with Crippen LogP contribution in [0.2, 0.25) is 0 Å². The molecule has 0 aliphatic carbocycles. The van der Waals surface area contributed by atoms with Crippen LogP contribution in [0.5, 0.6) is 0 Å². The first kappa shape index (κ1) is 15.3. The van der Waals surface area contributed by atoms with Gasteiger partial charge in [-0.2, -0.15) is 0 Å². The number of benzene rings is 2. The molecule has 2 aromatic rings. The van der Waals surface area contributed by atoms with E-state index in [0.29, 0.717) is 0 Å². The topological polar surface area (TPSA) is 49.3 Å². The number of carbonyl (C=O) groups is 1. The molecule has 0 aliphatic rings. The van der Waals surface area contributed by atoms with Gasteiger partial charge in [0.15, 0.2) is 0 Å². The Labute approximate surface area is 125 Å². The second-order valence-corrected chi connectivity index (χ2v) is 5.10. The molecule has 0 bridgehead atoms. The monoisotopic (exact) mass is 283 g/mol. The van der Waals surface area contributed by atoms with Gasteiger partial charge in [0, 0.05) is 6.04 Å². The molecule has 0 saturated carbocycles. The highest BCUT2D eigenvalue weighted by Crippen LogP contribution is 2.23. The molecule has 0 fully saturated rings. The van der Waals surface area contributed by atoms with E-state index in [1.54, 1.807) is 0 Å². The van der Waals surface area contributed by atoms with Gasteiger partial charge in [-0.25, -0.2) is 0 Å². The minimum atomic E-state index is -0.849. The molecule has 3 nitrogen and oxygen atoms in total. The number of aliphatic carboxylic acids is 1. The number of hydrogen-bond acceptors (Lipinski definition) is 2. The van der Waals surface area contributed by atoms with Crippen LogP contribution in [-0.2, 0) is 4.79 Å². The Morgan fingerprint density at radius 1 is 1.00 bits per heavy atom. The Bertz CT molecular complexity index is 554. The van der Waals surface area contributed by atoms with E-state index in [2.05, 4.69) is 12.2 Å². The lowest BCUT2D eigenvalue weighted by Gasteiger charge is -2.24. The molecule has 2 N–H and O–H groups in total. The Kier molecular flexibility index (Phi) is 5.52. The molecule has 0 spiro atoms. The first-order valence-electron chi connectivity index (χ1n) is 7.31. The van der Waals surface area contributed by atoms with Crippen molar-refractivity contribution in [2.45, 2.75) is 31.8 Å². The van der Waals surface area contributed by atoms with Crippen molar-refractivity contribution in [1.29, 1.82) is 0 Å². The quantitative estimate of drug-likeness (QED) is 0.809. The molecule has 0 saturated heterocycles. The van der Waals surface area contributed by atoms with E-state index in [1.165, 1.54) is 0 Å². The van der Waals surface area contributed by atoms with Gasteiger partial charge in [-0.05, 0) is 17.5 Å². The van der Waals surface area contributed by atoms with Crippen LogP contribution in [0, 0.1) is 0 Å². The summed E-state index contributed by atoms with van der Waals surface area (Å²) in [5, 5.41) is 12.8. The van der Waals surface area contributed by atoms with E-state index in [0.717, 1.165) is 24.0 Å². The van der Waals surface area contributed by atoms with E-state index in [4.69, 9.17) is 0 Å². The molecule has 0 aliphatic heterocycles. The van der Waals surface area contributed by atoms with Crippen molar-refractivity contribution in [3.63, 3.8) is 0 Å². The van der Waals surface area contributed by atoms with Gasteiger partial charge >= 0.3 is 5.97 Å². The number of rotatable bonds is 7. The molecular weight excluding hydrogens is 262 g/mol. The summed E-state index contributed by atoms with van der Waals surface area (Å²) in [5.41, 5.74) is 1.91. The van der Waals surface area contributed by atoms with Crippen LogP contribution in [0.25, 0.3) is 0 Å². The normalized spacial score (nSPS) is 13.6. The lowest BCUT2D eigenvalue weighted by Crippen LogP contribution is -2.32. The Morgan fingerprint density at radius 3 is 2.00 bits per heavy atom. The molecule has 2 unspecified atom stereocenters. The van der Waals surface area contributed by atoms with Crippen LogP contribution in [0.15, 0.2) is 60.7 Å². The first-order chi connectivity index (χ1) is 10.2. The average Bonchev–Trinajstić information content (AvgIpc) is 2.52. The Balaban J connectivity index is 2.23. The van der Waals surface area contributed by atoms with Crippen LogP contribution < -0.4 is 5.32 Å². The maximum Gasteiger partial charge on any atom is 0.325 e. The first-order valence-corrected chi connectivity index (χ1v) is 7.31. The fourth-order valence-corrected chi connectivity index (χ4v) is 2.48. The second-order valence-electron chi connectivity index (χ2n) is 5.10. The largest absolute Gasteiger partial charge is 0.480 e. The van der Waals surface area contributed by atoms with Gasteiger partial charge < -0.3 is 5.11 Å². The number of carboxylic acids is 1. The summed E-state index contributed by atoms with van der Waals surface area (Å²) in [4.78, 5) is 11.6. The van der Waals surface area contributed by atoms with Gasteiger partial charge in [0.1, 0.15) is 6.04 Å². The van der Waals surface area contributed by atoms with Crippen LogP contribution >= 0.6 is 0 Å². The zero-order valence-corrected chi connectivity index (χ0v) is 12.2. The smallest absolute Gasteiger partial charge is 0.325 e. The minimum Gasteiger partial charge on any atom is -0.480 e. The summed E-state index contributed by atoms with van der Waals surface area (Å²) in [6.07, 6.45) is 1.90. The van der Waals surface area contributed by atoms with Crippen LogP contribution in [-0.4, -0.2) is 11.1 Å².